The second kappa shape index (κ2) is 6.93. The fourth-order valence-electron chi connectivity index (χ4n) is 3.95. The highest BCUT2D eigenvalue weighted by Gasteiger charge is 2.43. The Morgan fingerprint density at radius 1 is 1.29 bits per heavy atom. The number of aromatic nitrogens is 2. The van der Waals surface area contributed by atoms with E-state index in [2.05, 4.69) is 50.0 Å². The summed E-state index contributed by atoms with van der Waals surface area (Å²) in [5, 5.41) is 4.68. The fourth-order valence-corrected chi connectivity index (χ4v) is 3.95. The molecule has 1 heterocycles. The van der Waals surface area contributed by atoms with Crippen molar-refractivity contribution in [2.24, 2.45) is 5.73 Å². The zero-order chi connectivity index (χ0) is 15.5. The van der Waals surface area contributed by atoms with Gasteiger partial charge in [0, 0.05) is 30.2 Å². The second-order valence-corrected chi connectivity index (χ2v) is 6.67. The van der Waals surface area contributed by atoms with E-state index in [0.717, 1.165) is 25.2 Å². The summed E-state index contributed by atoms with van der Waals surface area (Å²) in [5.74, 6) is 0. The van der Waals surface area contributed by atoms with Crippen LogP contribution in [0, 0.1) is 0 Å². The van der Waals surface area contributed by atoms with Crippen molar-refractivity contribution in [3.8, 4) is 0 Å². The van der Waals surface area contributed by atoms with E-state index in [1.54, 1.807) is 0 Å². The summed E-state index contributed by atoms with van der Waals surface area (Å²) in [6.07, 6.45) is 8.05. The average Bonchev–Trinajstić information content (AvgIpc) is 3.10. The molecule has 21 heavy (non-hydrogen) atoms. The van der Waals surface area contributed by atoms with E-state index in [-0.39, 0.29) is 11.6 Å². The van der Waals surface area contributed by atoms with Gasteiger partial charge in [-0.25, -0.2) is 0 Å². The molecule has 1 aliphatic carbocycles. The molecular formula is C17H32N4. The Balaban J connectivity index is 2.13. The van der Waals surface area contributed by atoms with Crippen LogP contribution in [0.3, 0.4) is 0 Å². The average molecular weight is 292 g/mol. The van der Waals surface area contributed by atoms with Crippen LogP contribution in [0.1, 0.15) is 65.1 Å². The zero-order valence-corrected chi connectivity index (χ0v) is 14.2. The molecule has 0 bridgehead atoms. The predicted molar refractivity (Wildman–Crippen MR) is 88.4 cm³/mol. The number of likely N-dealkylation sites (N-methyl/N-ethyl adjacent to an activating group) is 1. The van der Waals surface area contributed by atoms with Crippen molar-refractivity contribution in [1.82, 2.24) is 14.7 Å². The Bertz CT molecular complexity index is 428. The first-order valence-electron chi connectivity index (χ1n) is 8.58. The Kier molecular flexibility index (Phi) is 5.44. The van der Waals surface area contributed by atoms with Crippen LogP contribution in [0.5, 0.6) is 0 Å². The molecule has 2 N–H and O–H groups in total. The Morgan fingerprint density at radius 3 is 2.38 bits per heavy atom. The van der Waals surface area contributed by atoms with Gasteiger partial charge in [-0.05, 0) is 45.8 Å². The normalized spacial score (nSPS) is 19.6. The van der Waals surface area contributed by atoms with Crippen molar-refractivity contribution in [2.45, 2.75) is 77.4 Å². The van der Waals surface area contributed by atoms with E-state index in [9.17, 15) is 0 Å². The van der Waals surface area contributed by atoms with Gasteiger partial charge in [-0.1, -0.05) is 26.7 Å². The van der Waals surface area contributed by atoms with Gasteiger partial charge >= 0.3 is 0 Å². The van der Waals surface area contributed by atoms with Crippen LogP contribution in [0.2, 0.25) is 0 Å². The number of nitrogens with two attached hydrogens (primary N) is 1. The third-order valence-electron chi connectivity index (χ3n) is 5.17. The molecule has 1 aliphatic rings. The van der Waals surface area contributed by atoms with E-state index < -0.39 is 0 Å². The molecule has 1 unspecified atom stereocenters. The maximum Gasteiger partial charge on any atom is 0.0640 e. The number of nitrogens with zero attached hydrogens (tertiary/aromatic N) is 3. The van der Waals surface area contributed by atoms with Crippen LogP contribution < -0.4 is 5.73 Å². The molecular weight excluding hydrogens is 260 g/mol. The van der Waals surface area contributed by atoms with Gasteiger partial charge in [-0.3, -0.25) is 9.58 Å². The van der Waals surface area contributed by atoms with E-state index in [0.29, 0.717) is 6.04 Å². The summed E-state index contributed by atoms with van der Waals surface area (Å²) in [5.41, 5.74) is 8.01. The first-order valence-corrected chi connectivity index (χ1v) is 8.58. The molecule has 0 saturated heterocycles. The SMILES string of the molecule is CCN(CC)C1(C(N)Cc2ccn(C(C)C)n2)CCCC1. The molecule has 1 aromatic heterocycles. The van der Waals surface area contributed by atoms with Crippen molar-refractivity contribution < 1.29 is 0 Å². The smallest absolute Gasteiger partial charge is 0.0640 e. The van der Waals surface area contributed by atoms with Crippen LogP contribution >= 0.6 is 0 Å². The molecule has 2 rings (SSSR count). The largest absolute Gasteiger partial charge is 0.326 e. The Labute approximate surface area is 129 Å². The Hall–Kier alpha value is -0.870. The molecule has 0 radical (unpaired) electrons. The van der Waals surface area contributed by atoms with Crippen LogP contribution in [0.15, 0.2) is 12.3 Å². The lowest BCUT2D eigenvalue weighted by Crippen LogP contribution is -2.59. The summed E-state index contributed by atoms with van der Waals surface area (Å²) in [4.78, 5) is 2.59. The first kappa shape index (κ1) is 16.5. The van der Waals surface area contributed by atoms with Gasteiger partial charge in [0.05, 0.1) is 5.69 Å². The van der Waals surface area contributed by atoms with Crippen molar-refractivity contribution >= 4 is 0 Å². The Morgan fingerprint density at radius 2 is 1.90 bits per heavy atom. The highest BCUT2D eigenvalue weighted by atomic mass is 15.3. The fraction of sp³-hybridized carbons (Fsp3) is 0.824. The summed E-state index contributed by atoms with van der Waals surface area (Å²) in [6.45, 7) is 11.0. The number of hydrogen-bond donors (Lipinski definition) is 1. The number of hydrogen-bond acceptors (Lipinski definition) is 3. The van der Waals surface area contributed by atoms with Crippen LogP contribution in [-0.2, 0) is 6.42 Å². The molecule has 4 nitrogen and oxygen atoms in total. The van der Waals surface area contributed by atoms with Gasteiger partial charge in [0.2, 0.25) is 0 Å². The van der Waals surface area contributed by atoms with Gasteiger partial charge < -0.3 is 5.73 Å². The second-order valence-electron chi connectivity index (χ2n) is 6.67. The third-order valence-corrected chi connectivity index (χ3v) is 5.17. The highest BCUT2D eigenvalue weighted by Crippen LogP contribution is 2.38. The van der Waals surface area contributed by atoms with Gasteiger partial charge in [-0.2, -0.15) is 5.10 Å². The van der Waals surface area contributed by atoms with Gasteiger partial charge in [-0.15, -0.1) is 0 Å². The molecule has 120 valence electrons. The van der Waals surface area contributed by atoms with Gasteiger partial charge in [0.15, 0.2) is 0 Å². The van der Waals surface area contributed by atoms with E-state index in [1.807, 2.05) is 4.68 Å². The van der Waals surface area contributed by atoms with Crippen molar-refractivity contribution in [1.29, 1.82) is 0 Å². The summed E-state index contributed by atoms with van der Waals surface area (Å²) in [6, 6.07) is 2.72. The van der Waals surface area contributed by atoms with E-state index >= 15 is 0 Å². The minimum Gasteiger partial charge on any atom is -0.326 e. The lowest BCUT2D eigenvalue weighted by atomic mass is 9.84. The minimum absolute atomic E-state index is 0.176. The first-order chi connectivity index (χ1) is 10.0. The maximum absolute atomic E-state index is 6.69. The molecule has 1 atom stereocenters. The van der Waals surface area contributed by atoms with E-state index in [4.69, 9.17) is 5.73 Å². The molecule has 0 amide bonds. The molecule has 0 spiro atoms. The molecule has 4 heteroatoms. The molecule has 0 aliphatic heterocycles. The predicted octanol–water partition coefficient (Wildman–Crippen LogP) is 2.99. The molecule has 1 saturated carbocycles. The lowest BCUT2D eigenvalue weighted by molar-refractivity contribution is 0.0768. The highest BCUT2D eigenvalue weighted by molar-refractivity contribution is 5.09. The zero-order valence-electron chi connectivity index (χ0n) is 14.2. The maximum atomic E-state index is 6.69. The third kappa shape index (κ3) is 3.32. The molecule has 1 aromatic rings. The minimum atomic E-state index is 0.176. The lowest BCUT2D eigenvalue weighted by Gasteiger charge is -2.44. The summed E-state index contributed by atoms with van der Waals surface area (Å²) in [7, 11) is 0. The van der Waals surface area contributed by atoms with E-state index in [1.165, 1.54) is 25.7 Å². The summed E-state index contributed by atoms with van der Waals surface area (Å²) < 4.78 is 2.03. The van der Waals surface area contributed by atoms with Crippen molar-refractivity contribution in [3.05, 3.63) is 18.0 Å². The monoisotopic (exact) mass is 292 g/mol. The van der Waals surface area contributed by atoms with Gasteiger partial charge in [0.1, 0.15) is 0 Å². The summed E-state index contributed by atoms with van der Waals surface area (Å²) >= 11 is 0. The van der Waals surface area contributed by atoms with Crippen LogP contribution in [0.25, 0.3) is 0 Å². The quantitative estimate of drug-likeness (QED) is 0.840. The topological polar surface area (TPSA) is 47.1 Å². The number of rotatable bonds is 7. The standard InChI is InChI=1S/C17H32N4/c1-5-20(6-2)17(10-7-8-11-17)16(18)13-15-9-12-21(19-15)14(3)4/h9,12,14,16H,5-8,10-11,13,18H2,1-4H3. The van der Waals surface area contributed by atoms with Crippen molar-refractivity contribution in [2.75, 3.05) is 13.1 Å². The van der Waals surface area contributed by atoms with Crippen molar-refractivity contribution in [3.63, 3.8) is 0 Å². The molecule has 1 fully saturated rings. The van der Waals surface area contributed by atoms with Gasteiger partial charge in [0.25, 0.3) is 0 Å². The van der Waals surface area contributed by atoms with Crippen LogP contribution in [-0.4, -0.2) is 39.4 Å². The van der Waals surface area contributed by atoms with Crippen LogP contribution in [0.4, 0.5) is 0 Å². The molecule has 0 aromatic carbocycles.